The molecule has 2 aromatic carbocycles. The van der Waals surface area contributed by atoms with Crippen LogP contribution in [0.25, 0.3) is 11.1 Å². The van der Waals surface area contributed by atoms with Crippen LogP contribution in [-0.4, -0.2) is 54.5 Å². The number of carbonyl (C=O) groups is 3. The molecule has 2 aliphatic carbocycles. The molecule has 3 aliphatic rings. The predicted molar refractivity (Wildman–Crippen MR) is 128 cm³/mol. The maximum absolute atomic E-state index is 12.6. The van der Waals surface area contributed by atoms with E-state index >= 15 is 0 Å². The highest BCUT2D eigenvalue weighted by Crippen LogP contribution is 2.44. The van der Waals surface area contributed by atoms with Crippen LogP contribution >= 0.6 is 0 Å². The highest BCUT2D eigenvalue weighted by molar-refractivity contribution is 5.80. The number of hydrogen-bond donors (Lipinski definition) is 3. The van der Waals surface area contributed by atoms with Crippen LogP contribution < -0.4 is 10.6 Å². The highest BCUT2D eigenvalue weighted by Gasteiger charge is 2.36. The first kappa shape index (κ1) is 23.4. The van der Waals surface area contributed by atoms with Gasteiger partial charge in [-0.3, -0.25) is 4.79 Å². The topological polar surface area (TPSA) is 114 Å². The lowest BCUT2D eigenvalue weighted by Crippen LogP contribution is -2.44. The molecule has 1 saturated heterocycles. The summed E-state index contributed by atoms with van der Waals surface area (Å²) in [6.45, 7) is 0.601. The molecule has 0 aromatic heterocycles. The van der Waals surface area contributed by atoms with Gasteiger partial charge in [-0.15, -0.1) is 0 Å². The third-order valence-electron chi connectivity index (χ3n) is 7.36. The van der Waals surface area contributed by atoms with Crippen molar-refractivity contribution in [2.45, 2.75) is 56.2 Å². The second-order valence-electron chi connectivity index (χ2n) is 9.64. The lowest BCUT2D eigenvalue weighted by atomic mass is 9.98. The Morgan fingerprint density at radius 3 is 2.31 bits per heavy atom. The molecule has 1 heterocycles. The molecule has 1 aliphatic heterocycles. The molecule has 184 valence electrons. The number of carbonyl (C=O) groups excluding carboxylic acids is 2. The fourth-order valence-corrected chi connectivity index (χ4v) is 5.71. The van der Waals surface area contributed by atoms with E-state index in [0.717, 1.165) is 12.8 Å². The van der Waals surface area contributed by atoms with E-state index in [1.54, 1.807) is 0 Å². The molecular weight excluding hydrogens is 448 g/mol. The van der Waals surface area contributed by atoms with Crippen molar-refractivity contribution < 1.29 is 29.0 Å². The lowest BCUT2D eigenvalue weighted by molar-refractivity contribution is -0.148. The Bertz CT molecular complexity index is 1070. The van der Waals surface area contributed by atoms with Crippen LogP contribution in [0.15, 0.2) is 48.5 Å². The number of carboxylic acid groups (broad SMARTS) is 1. The summed E-state index contributed by atoms with van der Waals surface area (Å²) >= 11 is 0. The van der Waals surface area contributed by atoms with Crippen LogP contribution in [0.5, 0.6) is 0 Å². The number of nitrogens with one attached hydrogen (secondary N) is 2. The number of alkyl carbamates (subject to hydrolysis) is 1. The molecule has 1 saturated carbocycles. The summed E-state index contributed by atoms with van der Waals surface area (Å²) in [5.41, 5.74) is 4.72. The molecule has 2 amide bonds. The largest absolute Gasteiger partial charge is 0.479 e. The van der Waals surface area contributed by atoms with Crippen LogP contribution in [0.1, 0.15) is 49.1 Å². The minimum absolute atomic E-state index is 0.0161. The van der Waals surface area contributed by atoms with Gasteiger partial charge in [-0.25, -0.2) is 9.59 Å². The van der Waals surface area contributed by atoms with E-state index in [0.29, 0.717) is 25.9 Å². The number of rotatable bonds is 7. The number of aliphatic carboxylic acids is 1. The fourth-order valence-electron chi connectivity index (χ4n) is 5.71. The van der Waals surface area contributed by atoms with Crippen LogP contribution in [0, 0.1) is 5.92 Å². The van der Waals surface area contributed by atoms with Crippen LogP contribution in [0.3, 0.4) is 0 Å². The number of amides is 2. The molecular formula is C27H30N2O6. The predicted octanol–water partition coefficient (Wildman–Crippen LogP) is 3.44. The van der Waals surface area contributed by atoms with Crippen LogP contribution in [-0.2, 0) is 19.1 Å². The first-order valence-electron chi connectivity index (χ1n) is 12.2. The third kappa shape index (κ3) is 5.03. The molecule has 0 unspecified atom stereocenters. The average Bonchev–Trinajstić information content (AvgIpc) is 3.56. The summed E-state index contributed by atoms with van der Waals surface area (Å²) in [7, 11) is 0. The van der Waals surface area contributed by atoms with Gasteiger partial charge in [0.25, 0.3) is 0 Å². The monoisotopic (exact) mass is 478 g/mol. The Balaban J connectivity index is 1.09. The van der Waals surface area contributed by atoms with Crippen molar-refractivity contribution in [2.24, 2.45) is 5.92 Å². The van der Waals surface area contributed by atoms with Crippen molar-refractivity contribution >= 4 is 18.0 Å². The quantitative estimate of drug-likeness (QED) is 0.562. The molecule has 8 nitrogen and oxygen atoms in total. The minimum atomic E-state index is -1.05. The molecule has 0 spiro atoms. The summed E-state index contributed by atoms with van der Waals surface area (Å²) in [6, 6.07) is 15.9. The van der Waals surface area contributed by atoms with E-state index in [-0.39, 0.29) is 30.4 Å². The molecule has 5 rings (SSSR count). The van der Waals surface area contributed by atoms with Gasteiger partial charge in [0.1, 0.15) is 6.61 Å². The van der Waals surface area contributed by atoms with Gasteiger partial charge in [-0.1, -0.05) is 48.5 Å². The van der Waals surface area contributed by atoms with Gasteiger partial charge in [0, 0.05) is 25.0 Å². The number of ether oxygens (including phenoxy) is 2. The first-order valence-corrected chi connectivity index (χ1v) is 12.2. The van der Waals surface area contributed by atoms with Gasteiger partial charge in [0.2, 0.25) is 5.91 Å². The molecule has 2 fully saturated rings. The first-order chi connectivity index (χ1) is 17.0. The molecule has 35 heavy (non-hydrogen) atoms. The van der Waals surface area contributed by atoms with Gasteiger partial charge in [-0.2, -0.15) is 0 Å². The number of carboxylic acids is 1. The smallest absolute Gasteiger partial charge is 0.407 e. The number of benzene rings is 2. The maximum atomic E-state index is 12.6. The van der Waals surface area contributed by atoms with Crippen molar-refractivity contribution in [1.82, 2.24) is 10.6 Å². The zero-order valence-electron chi connectivity index (χ0n) is 19.4. The van der Waals surface area contributed by atoms with E-state index in [2.05, 4.69) is 34.9 Å². The standard InChI is InChI=1S/C27H30N2O6/c30-24(29-23-11-12-34-25(23)26(31)32)14-16-9-10-17(13-16)28-27(33)35-15-22-20-7-3-1-5-18(20)19-6-2-4-8-21(19)22/h1-8,16-17,22-23,25H,9-15H2,(H,28,33)(H,29,30)(H,31,32)/t16-,17+,23+,25-/m1/s1. The maximum Gasteiger partial charge on any atom is 0.407 e. The zero-order chi connectivity index (χ0) is 24.4. The van der Waals surface area contributed by atoms with Crippen molar-refractivity contribution in [3.63, 3.8) is 0 Å². The molecule has 0 bridgehead atoms. The summed E-state index contributed by atoms with van der Waals surface area (Å²) < 4.78 is 10.8. The van der Waals surface area contributed by atoms with E-state index in [9.17, 15) is 19.5 Å². The SMILES string of the molecule is O=C(C[C@@H]1CC[C@H](NC(=O)OCC2c3ccccc3-c3ccccc32)C1)N[C@H]1CCO[C@H]1C(=O)O. The van der Waals surface area contributed by atoms with Crippen molar-refractivity contribution in [3.05, 3.63) is 59.7 Å². The molecule has 2 aromatic rings. The summed E-state index contributed by atoms with van der Waals surface area (Å²) in [4.78, 5) is 36.2. The Morgan fingerprint density at radius 1 is 0.943 bits per heavy atom. The normalized spacial score (nSPS) is 25.0. The van der Waals surface area contributed by atoms with E-state index < -0.39 is 24.2 Å². The van der Waals surface area contributed by atoms with E-state index in [4.69, 9.17) is 9.47 Å². The molecule has 8 heteroatoms. The van der Waals surface area contributed by atoms with Gasteiger partial charge in [0.15, 0.2) is 6.10 Å². The highest BCUT2D eigenvalue weighted by atomic mass is 16.5. The number of hydrogen-bond acceptors (Lipinski definition) is 5. The minimum Gasteiger partial charge on any atom is -0.479 e. The average molecular weight is 479 g/mol. The zero-order valence-corrected chi connectivity index (χ0v) is 19.4. The van der Waals surface area contributed by atoms with Crippen molar-refractivity contribution in [3.8, 4) is 11.1 Å². The summed E-state index contributed by atoms with van der Waals surface area (Å²) in [5.74, 6) is -1.07. The van der Waals surface area contributed by atoms with Gasteiger partial charge >= 0.3 is 12.1 Å². The summed E-state index contributed by atoms with van der Waals surface area (Å²) in [5, 5.41) is 14.9. The Kier molecular flexibility index (Phi) is 6.72. The second-order valence-corrected chi connectivity index (χ2v) is 9.64. The lowest BCUT2D eigenvalue weighted by Gasteiger charge is -2.18. The molecule has 3 N–H and O–H groups in total. The Hall–Kier alpha value is -3.39. The van der Waals surface area contributed by atoms with Crippen LogP contribution in [0.2, 0.25) is 0 Å². The van der Waals surface area contributed by atoms with Gasteiger partial charge in [-0.05, 0) is 53.9 Å². The summed E-state index contributed by atoms with van der Waals surface area (Å²) in [6.07, 6.45) is 1.70. The third-order valence-corrected chi connectivity index (χ3v) is 7.36. The second kappa shape index (κ2) is 10.1. The van der Waals surface area contributed by atoms with Crippen LogP contribution in [0.4, 0.5) is 4.79 Å². The van der Waals surface area contributed by atoms with Gasteiger partial charge < -0.3 is 25.2 Å². The fraction of sp³-hybridized carbons (Fsp3) is 0.444. The van der Waals surface area contributed by atoms with Gasteiger partial charge in [0.05, 0.1) is 6.04 Å². The van der Waals surface area contributed by atoms with E-state index in [1.807, 2.05) is 24.3 Å². The van der Waals surface area contributed by atoms with Crippen molar-refractivity contribution in [2.75, 3.05) is 13.2 Å². The van der Waals surface area contributed by atoms with E-state index in [1.165, 1.54) is 22.3 Å². The van der Waals surface area contributed by atoms with Crippen molar-refractivity contribution in [1.29, 1.82) is 0 Å². The molecule has 4 atom stereocenters. The Labute approximate surface area is 204 Å². The molecule has 0 radical (unpaired) electrons. The number of fused-ring (bicyclic) bond motifs is 3. The Morgan fingerprint density at radius 2 is 1.63 bits per heavy atom.